The number of nitrogens with zero attached hydrogens (tertiary/aromatic N) is 1. The summed E-state index contributed by atoms with van der Waals surface area (Å²) >= 11 is 0. The van der Waals surface area contributed by atoms with Gasteiger partial charge in [-0.2, -0.15) is 0 Å². The fraction of sp³-hybridized carbons (Fsp3) is 0.231. The van der Waals surface area contributed by atoms with E-state index >= 15 is 0 Å². The first kappa shape index (κ1) is 23.0. The highest BCUT2D eigenvalue weighted by Gasteiger charge is 2.16. The molecule has 0 spiro atoms. The first-order chi connectivity index (χ1) is 15.6. The number of benzene rings is 3. The summed E-state index contributed by atoms with van der Waals surface area (Å²) in [5.41, 5.74) is 2.66. The first-order valence-corrected chi connectivity index (χ1v) is 10.8. The lowest BCUT2D eigenvalue weighted by molar-refractivity contribution is -0.117. The zero-order valence-corrected chi connectivity index (χ0v) is 18.3. The summed E-state index contributed by atoms with van der Waals surface area (Å²) in [5.74, 6) is -0.240. The van der Waals surface area contributed by atoms with Crippen LogP contribution in [0.3, 0.4) is 0 Å². The summed E-state index contributed by atoms with van der Waals surface area (Å²) in [6.45, 7) is 3.78. The Labute approximate surface area is 188 Å². The molecule has 3 aromatic carbocycles. The van der Waals surface area contributed by atoms with E-state index in [2.05, 4.69) is 10.6 Å². The maximum atomic E-state index is 12.8. The van der Waals surface area contributed by atoms with E-state index < -0.39 is 0 Å². The minimum Gasteiger partial charge on any atom is -0.508 e. The maximum Gasteiger partial charge on any atom is 0.253 e. The second-order valence-electron chi connectivity index (χ2n) is 7.60. The normalized spacial score (nSPS) is 10.7. The van der Waals surface area contributed by atoms with Gasteiger partial charge in [0, 0.05) is 18.7 Å². The standard InChI is InChI=1S/C26H29N3O3/c1-2-16-29(18-21-12-6-9-15-24(21)30)19-25(31)28-23-14-8-7-13-22(23)26(32)27-17-20-10-4-3-5-11-20/h3-15,30H,2,16-19H2,1H3,(H,27,32)(H,28,31). The highest BCUT2D eigenvalue weighted by Crippen LogP contribution is 2.19. The molecule has 3 rings (SSSR count). The van der Waals surface area contributed by atoms with Gasteiger partial charge in [0.15, 0.2) is 0 Å². The maximum absolute atomic E-state index is 12.8. The molecule has 166 valence electrons. The first-order valence-electron chi connectivity index (χ1n) is 10.8. The number of phenolic OH excluding ortho intramolecular Hbond substituents is 1. The van der Waals surface area contributed by atoms with E-state index in [9.17, 15) is 14.7 Å². The van der Waals surface area contributed by atoms with E-state index in [1.165, 1.54) is 0 Å². The molecule has 0 fully saturated rings. The number of carbonyl (C=O) groups excluding carboxylic acids is 2. The number of aromatic hydroxyl groups is 1. The lowest BCUT2D eigenvalue weighted by Crippen LogP contribution is -2.34. The second-order valence-corrected chi connectivity index (χ2v) is 7.60. The molecule has 2 amide bonds. The molecule has 0 heterocycles. The van der Waals surface area contributed by atoms with Gasteiger partial charge >= 0.3 is 0 Å². The van der Waals surface area contributed by atoms with Crippen LogP contribution in [0.25, 0.3) is 0 Å². The summed E-state index contributed by atoms with van der Waals surface area (Å²) in [7, 11) is 0. The smallest absolute Gasteiger partial charge is 0.253 e. The van der Waals surface area contributed by atoms with Crippen molar-refractivity contribution in [1.82, 2.24) is 10.2 Å². The quantitative estimate of drug-likeness (QED) is 0.450. The predicted octanol–water partition coefficient (Wildman–Crippen LogP) is 4.17. The number of anilines is 1. The second kappa shape index (κ2) is 11.7. The molecule has 0 saturated carbocycles. The van der Waals surface area contributed by atoms with Crippen LogP contribution < -0.4 is 10.6 Å². The average Bonchev–Trinajstić information content (AvgIpc) is 2.80. The molecule has 0 aliphatic heterocycles. The summed E-state index contributed by atoms with van der Waals surface area (Å²) in [6.07, 6.45) is 0.874. The van der Waals surface area contributed by atoms with Crippen LogP contribution in [0.1, 0.15) is 34.8 Å². The highest BCUT2D eigenvalue weighted by atomic mass is 16.3. The minimum absolute atomic E-state index is 0.155. The molecule has 0 aliphatic rings. The summed E-state index contributed by atoms with van der Waals surface area (Å²) in [6, 6.07) is 23.8. The Morgan fingerprint density at radius 1 is 0.906 bits per heavy atom. The Morgan fingerprint density at radius 3 is 2.34 bits per heavy atom. The molecule has 6 heteroatoms. The van der Waals surface area contributed by atoms with E-state index in [-0.39, 0.29) is 24.1 Å². The summed E-state index contributed by atoms with van der Waals surface area (Å²) in [4.78, 5) is 27.5. The van der Waals surface area contributed by atoms with Gasteiger partial charge in [-0.3, -0.25) is 14.5 Å². The van der Waals surface area contributed by atoms with Gasteiger partial charge in [-0.25, -0.2) is 0 Å². The van der Waals surface area contributed by atoms with E-state index in [0.29, 0.717) is 30.9 Å². The van der Waals surface area contributed by atoms with Crippen molar-refractivity contribution in [2.45, 2.75) is 26.4 Å². The SMILES string of the molecule is CCCN(CC(=O)Nc1ccccc1C(=O)NCc1ccccc1)Cc1ccccc1O. The summed E-state index contributed by atoms with van der Waals surface area (Å²) in [5, 5.41) is 15.8. The molecule has 0 atom stereocenters. The average molecular weight is 432 g/mol. The fourth-order valence-electron chi connectivity index (χ4n) is 3.47. The van der Waals surface area contributed by atoms with Crippen molar-refractivity contribution in [3.05, 3.63) is 95.6 Å². The third-order valence-corrected chi connectivity index (χ3v) is 5.03. The molecular formula is C26H29N3O3. The molecule has 0 unspecified atom stereocenters. The minimum atomic E-state index is -0.246. The Bertz CT molecular complexity index is 1040. The molecule has 0 radical (unpaired) electrons. The summed E-state index contributed by atoms with van der Waals surface area (Å²) < 4.78 is 0. The Kier molecular flexibility index (Phi) is 8.40. The van der Waals surface area contributed by atoms with Crippen molar-refractivity contribution in [3.8, 4) is 5.75 Å². The van der Waals surface area contributed by atoms with Gasteiger partial charge < -0.3 is 15.7 Å². The molecule has 3 N–H and O–H groups in total. The van der Waals surface area contributed by atoms with Crippen LogP contribution in [-0.4, -0.2) is 34.9 Å². The number of hydrogen-bond donors (Lipinski definition) is 3. The molecule has 0 bridgehead atoms. The lowest BCUT2D eigenvalue weighted by Gasteiger charge is -2.22. The molecular weight excluding hydrogens is 402 g/mol. The van der Waals surface area contributed by atoms with Crippen LogP contribution in [0.4, 0.5) is 5.69 Å². The fourth-order valence-corrected chi connectivity index (χ4v) is 3.47. The van der Waals surface area contributed by atoms with Crippen LogP contribution in [0.15, 0.2) is 78.9 Å². The lowest BCUT2D eigenvalue weighted by atomic mass is 10.1. The van der Waals surface area contributed by atoms with Crippen LogP contribution in [0, 0.1) is 0 Å². The van der Waals surface area contributed by atoms with Crippen molar-refractivity contribution in [3.63, 3.8) is 0 Å². The Hall–Kier alpha value is -3.64. The molecule has 3 aromatic rings. The van der Waals surface area contributed by atoms with Crippen LogP contribution in [0.5, 0.6) is 5.75 Å². The topological polar surface area (TPSA) is 81.7 Å². The van der Waals surface area contributed by atoms with Crippen LogP contribution in [0.2, 0.25) is 0 Å². The van der Waals surface area contributed by atoms with Gasteiger partial charge in [-0.15, -0.1) is 0 Å². The monoisotopic (exact) mass is 431 g/mol. The Balaban J connectivity index is 1.63. The van der Waals surface area contributed by atoms with E-state index in [1.54, 1.807) is 36.4 Å². The number of phenols is 1. The van der Waals surface area contributed by atoms with E-state index in [1.807, 2.05) is 54.3 Å². The van der Waals surface area contributed by atoms with Crippen molar-refractivity contribution < 1.29 is 14.7 Å². The van der Waals surface area contributed by atoms with Crippen molar-refractivity contribution in [2.75, 3.05) is 18.4 Å². The zero-order chi connectivity index (χ0) is 22.8. The van der Waals surface area contributed by atoms with Crippen LogP contribution >= 0.6 is 0 Å². The third-order valence-electron chi connectivity index (χ3n) is 5.03. The van der Waals surface area contributed by atoms with Crippen molar-refractivity contribution in [1.29, 1.82) is 0 Å². The number of rotatable bonds is 10. The zero-order valence-electron chi connectivity index (χ0n) is 18.3. The van der Waals surface area contributed by atoms with Gasteiger partial charge in [0.1, 0.15) is 5.75 Å². The van der Waals surface area contributed by atoms with Gasteiger partial charge in [0.2, 0.25) is 5.91 Å². The predicted molar refractivity (Wildman–Crippen MR) is 126 cm³/mol. The molecule has 0 aromatic heterocycles. The number of amides is 2. The number of hydrogen-bond acceptors (Lipinski definition) is 4. The Morgan fingerprint density at radius 2 is 1.59 bits per heavy atom. The van der Waals surface area contributed by atoms with E-state index in [0.717, 1.165) is 17.5 Å². The molecule has 0 aliphatic carbocycles. The highest BCUT2D eigenvalue weighted by molar-refractivity contribution is 6.04. The largest absolute Gasteiger partial charge is 0.508 e. The van der Waals surface area contributed by atoms with Crippen molar-refractivity contribution >= 4 is 17.5 Å². The van der Waals surface area contributed by atoms with Gasteiger partial charge in [0.25, 0.3) is 5.91 Å². The van der Waals surface area contributed by atoms with Gasteiger partial charge in [-0.05, 0) is 36.7 Å². The molecule has 32 heavy (non-hydrogen) atoms. The van der Waals surface area contributed by atoms with Crippen LogP contribution in [-0.2, 0) is 17.9 Å². The van der Waals surface area contributed by atoms with E-state index in [4.69, 9.17) is 0 Å². The number of nitrogens with one attached hydrogen (secondary N) is 2. The third kappa shape index (κ3) is 6.68. The number of para-hydroxylation sites is 2. The number of carbonyl (C=O) groups is 2. The molecule has 6 nitrogen and oxygen atoms in total. The van der Waals surface area contributed by atoms with Crippen molar-refractivity contribution in [2.24, 2.45) is 0 Å². The van der Waals surface area contributed by atoms with Gasteiger partial charge in [0.05, 0.1) is 17.8 Å². The van der Waals surface area contributed by atoms with Gasteiger partial charge in [-0.1, -0.05) is 67.6 Å². The molecule has 0 saturated heterocycles.